The lowest BCUT2D eigenvalue weighted by Crippen LogP contribution is -2.68. The molecule has 0 radical (unpaired) electrons. The Morgan fingerprint density at radius 3 is 2.50 bits per heavy atom. The number of halogens is 1. The van der Waals surface area contributed by atoms with Crippen LogP contribution in [-0.2, 0) is 26.0 Å². The number of hydrogen-bond acceptors (Lipinski definition) is 5. The number of nitrogens with one attached hydrogen (secondary N) is 1. The molecule has 138 valence electrons. The van der Waals surface area contributed by atoms with Gasteiger partial charge in [0.1, 0.15) is 5.54 Å². The van der Waals surface area contributed by atoms with Crippen molar-refractivity contribution in [1.29, 1.82) is 0 Å². The Morgan fingerprint density at radius 2 is 1.96 bits per heavy atom. The average molecular weight is 413 g/mol. The van der Waals surface area contributed by atoms with Gasteiger partial charge in [0.25, 0.3) is 15.9 Å². The van der Waals surface area contributed by atoms with Gasteiger partial charge in [-0.3, -0.25) is 9.59 Å². The van der Waals surface area contributed by atoms with E-state index >= 15 is 0 Å². The van der Waals surface area contributed by atoms with Gasteiger partial charge in [-0.15, -0.1) is 11.3 Å². The van der Waals surface area contributed by atoms with Crippen molar-refractivity contribution in [3.05, 3.63) is 51.7 Å². The zero-order chi connectivity index (χ0) is 18.9. The van der Waals surface area contributed by atoms with Gasteiger partial charge in [-0.1, -0.05) is 17.7 Å². The molecule has 3 rings (SSSR count). The summed E-state index contributed by atoms with van der Waals surface area (Å²) in [5.74, 6) is -0.904. The van der Waals surface area contributed by atoms with Crippen molar-refractivity contribution in [2.45, 2.75) is 30.2 Å². The van der Waals surface area contributed by atoms with E-state index in [-0.39, 0.29) is 17.2 Å². The maximum Gasteiger partial charge on any atom is 0.264 e. The zero-order valence-corrected chi connectivity index (χ0v) is 16.3. The van der Waals surface area contributed by atoms with E-state index in [0.717, 1.165) is 4.88 Å². The van der Waals surface area contributed by atoms with Crippen LogP contribution in [0.5, 0.6) is 0 Å². The van der Waals surface area contributed by atoms with E-state index in [1.54, 1.807) is 6.92 Å². The number of hydrogen-bond donors (Lipinski definition) is 1. The van der Waals surface area contributed by atoms with Crippen LogP contribution < -0.4 is 4.72 Å². The predicted octanol–water partition coefficient (Wildman–Crippen LogP) is 2.44. The molecule has 2 aromatic rings. The quantitative estimate of drug-likeness (QED) is 0.817. The van der Waals surface area contributed by atoms with Crippen molar-refractivity contribution >= 4 is 44.8 Å². The Balaban J connectivity index is 1.72. The number of rotatable bonds is 5. The number of sulfonamides is 1. The molecular formula is C17H17ClN2O4S2. The SMILES string of the molecule is CC1(C(=O)NS(=O)(=O)c2ccc(Cl)cc2)CCN1C(=O)Cc1cccs1. The average Bonchev–Trinajstić information content (AvgIpc) is 3.05. The highest BCUT2D eigenvalue weighted by molar-refractivity contribution is 7.90. The Labute approximate surface area is 160 Å². The molecule has 1 saturated heterocycles. The Bertz CT molecular complexity index is 926. The van der Waals surface area contributed by atoms with Crippen molar-refractivity contribution in [3.63, 3.8) is 0 Å². The van der Waals surface area contributed by atoms with Gasteiger partial charge in [0.05, 0.1) is 11.3 Å². The molecule has 9 heteroatoms. The third-order valence-corrected chi connectivity index (χ3v) is 6.94. The molecule has 1 fully saturated rings. The second-order valence-electron chi connectivity index (χ2n) is 6.21. The van der Waals surface area contributed by atoms with Crippen molar-refractivity contribution < 1.29 is 18.0 Å². The molecule has 1 N–H and O–H groups in total. The molecule has 1 atom stereocenters. The molecule has 6 nitrogen and oxygen atoms in total. The first kappa shape index (κ1) is 18.9. The number of benzene rings is 1. The normalized spacial score (nSPS) is 19.7. The molecule has 0 spiro atoms. The van der Waals surface area contributed by atoms with Crippen LogP contribution >= 0.6 is 22.9 Å². The number of carbonyl (C=O) groups excluding carboxylic acids is 2. The van der Waals surface area contributed by atoms with Crippen molar-refractivity contribution in [3.8, 4) is 0 Å². The fourth-order valence-electron chi connectivity index (χ4n) is 2.76. The van der Waals surface area contributed by atoms with Gasteiger partial charge in [-0.2, -0.15) is 0 Å². The van der Waals surface area contributed by atoms with Gasteiger partial charge in [0, 0.05) is 16.4 Å². The third-order valence-electron chi connectivity index (χ3n) is 4.46. The van der Waals surface area contributed by atoms with Crippen LogP contribution in [0.15, 0.2) is 46.7 Å². The van der Waals surface area contributed by atoms with Gasteiger partial charge in [-0.25, -0.2) is 13.1 Å². The summed E-state index contributed by atoms with van der Waals surface area (Å²) in [4.78, 5) is 27.4. The van der Waals surface area contributed by atoms with E-state index in [1.165, 1.54) is 40.5 Å². The maximum atomic E-state index is 12.6. The number of likely N-dealkylation sites (tertiary alicyclic amines) is 1. The molecule has 0 saturated carbocycles. The van der Waals surface area contributed by atoms with Crippen molar-refractivity contribution in [2.75, 3.05) is 6.54 Å². The lowest BCUT2D eigenvalue weighted by Gasteiger charge is -2.48. The van der Waals surface area contributed by atoms with Crippen LogP contribution in [0.25, 0.3) is 0 Å². The molecule has 1 unspecified atom stereocenters. The predicted molar refractivity (Wildman–Crippen MR) is 99.5 cm³/mol. The van der Waals surface area contributed by atoms with Crippen LogP contribution in [0.1, 0.15) is 18.2 Å². The molecule has 26 heavy (non-hydrogen) atoms. The minimum Gasteiger partial charge on any atom is -0.328 e. The van der Waals surface area contributed by atoms with Crippen molar-refractivity contribution in [1.82, 2.24) is 9.62 Å². The Hall–Kier alpha value is -1.90. The topological polar surface area (TPSA) is 83.6 Å². The first-order valence-electron chi connectivity index (χ1n) is 7.88. The van der Waals surface area contributed by atoms with Crippen LogP contribution in [0, 0.1) is 0 Å². The van der Waals surface area contributed by atoms with Gasteiger partial charge < -0.3 is 4.90 Å². The zero-order valence-electron chi connectivity index (χ0n) is 13.9. The van der Waals surface area contributed by atoms with Gasteiger partial charge >= 0.3 is 0 Å². The Kier molecular flexibility index (Phi) is 5.09. The molecule has 1 aliphatic heterocycles. The van der Waals surface area contributed by atoms with Gasteiger partial charge in [0.15, 0.2) is 0 Å². The monoisotopic (exact) mass is 412 g/mol. The van der Waals surface area contributed by atoms with Crippen LogP contribution in [0.3, 0.4) is 0 Å². The highest BCUT2D eigenvalue weighted by atomic mass is 35.5. The smallest absolute Gasteiger partial charge is 0.264 e. The number of thiophene rings is 1. The highest BCUT2D eigenvalue weighted by Crippen LogP contribution is 2.32. The van der Waals surface area contributed by atoms with E-state index in [0.29, 0.717) is 18.0 Å². The lowest BCUT2D eigenvalue weighted by atomic mass is 9.85. The van der Waals surface area contributed by atoms with E-state index in [4.69, 9.17) is 11.6 Å². The maximum absolute atomic E-state index is 12.6. The lowest BCUT2D eigenvalue weighted by molar-refractivity contribution is -0.156. The summed E-state index contributed by atoms with van der Waals surface area (Å²) in [6, 6.07) is 9.21. The van der Waals surface area contributed by atoms with E-state index in [2.05, 4.69) is 4.72 Å². The van der Waals surface area contributed by atoms with E-state index < -0.39 is 21.5 Å². The number of amides is 2. The molecule has 1 aromatic carbocycles. The minimum absolute atomic E-state index is 0.0605. The summed E-state index contributed by atoms with van der Waals surface area (Å²) in [7, 11) is -4.03. The second-order valence-corrected chi connectivity index (χ2v) is 9.36. The van der Waals surface area contributed by atoms with Gasteiger partial charge in [-0.05, 0) is 49.1 Å². The molecule has 1 aliphatic rings. The summed E-state index contributed by atoms with van der Waals surface area (Å²) in [6.45, 7) is 2.00. The van der Waals surface area contributed by atoms with Crippen LogP contribution in [0.4, 0.5) is 0 Å². The molecule has 2 heterocycles. The summed E-state index contributed by atoms with van der Waals surface area (Å²) in [6.07, 6.45) is 0.607. The third kappa shape index (κ3) is 3.62. The molecular weight excluding hydrogens is 396 g/mol. The second kappa shape index (κ2) is 7.02. The first-order chi connectivity index (χ1) is 12.2. The summed E-state index contributed by atoms with van der Waals surface area (Å²) >= 11 is 7.22. The molecule has 0 bridgehead atoms. The fraction of sp³-hybridized carbons (Fsp3) is 0.294. The van der Waals surface area contributed by atoms with E-state index in [9.17, 15) is 18.0 Å². The number of nitrogens with zero attached hydrogens (tertiary/aromatic N) is 1. The largest absolute Gasteiger partial charge is 0.328 e. The summed E-state index contributed by atoms with van der Waals surface area (Å²) in [5.41, 5.74) is -1.17. The summed E-state index contributed by atoms with van der Waals surface area (Å²) < 4.78 is 26.9. The fourth-order valence-corrected chi connectivity index (χ4v) is 4.66. The van der Waals surface area contributed by atoms with Gasteiger partial charge in [0.2, 0.25) is 5.91 Å². The highest BCUT2D eigenvalue weighted by Gasteiger charge is 2.50. The number of carbonyl (C=O) groups is 2. The van der Waals surface area contributed by atoms with Crippen LogP contribution in [-0.4, -0.2) is 37.2 Å². The first-order valence-corrected chi connectivity index (χ1v) is 10.6. The van der Waals surface area contributed by atoms with Crippen molar-refractivity contribution in [2.24, 2.45) is 0 Å². The van der Waals surface area contributed by atoms with E-state index in [1.807, 2.05) is 17.5 Å². The molecule has 0 aliphatic carbocycles. The molecule has 2 amide bonds. The standard InChI is InChI=1S/C17H17ClN2O4S2/c1-17(8-9-20(17)15(21)11-13-3-2-10-25-13)16(22)19-26(23,24)14-6-4-12(18)5-7-14/h2-7,10H,8-9,11H2,1H3,(H,19,22). The minimum atomic E-state index is -4.03. The summed E-state index contributed by atoms with van der Waals surface area (Å²) in [5, 5.41) is 2.27. The van der Waals surface area contributed by atoms with Crippen LogP contribution in [0.2, 0.25) is 5.02 Å². The molecule has 1 aromatic heterocycles. The Morgan fingerprint density at radius 1 is 1.27 bits per heavy atom.